The molecule has 1 amide bonds. The van der Waals surface area contributed by atoms with Gasteiger partial charge >= 0.3 is 0 Å². The summed E-state index contributed by atoms with van der Waals surface area (Å²) in [6, 6.07) is 14.8. The largest absolute Gasteiger partial charge is 0.458 e. The van der Waals surface area contributed by atoms with E-state index in [1.54, 1.807) is 25.3 Å². The number of para-hydroxylation sites is 1. The molecular weight excluding hydrogens is 322 g/mol. The second-order valence-electron chi connectivity index (χ2n) is 5.69. The van der Waals surface area contributed by atoms with E-state index in [-0.39, 0.29) is 18.8 Å². The molecule has 0 saturated heterocycles. The fraction of sp³-hybridized carbons (Fsp3) is 0.211. The van der Waals surface area contributed by atoms with Crippen molar-refractivity contribution in [2.75, 3.05) is 20.4 Å². The first-order chi connectivity index (χ1) is 12.2. The van der Waals surface area contributed by atoms with E-state index in [2.05, 4.69) is 5.32 Å². The van der Waals surface area contributed by atoms with Crippen molar-refractivity contribution in [1.82, 2.24) is 5.32 Å². The third-order valence-corrected chi connectivity index (χ3v) is 4.13. The SMILES string of the molecule is CO[C@@H](CNC(=O)c1ccc2c(c1)OCO2)c1cc2ccccc2o1. The maximum atomic E-state index is 12.4. The van der Waals surface area contributed by atoms with Crippen LogP contribution in [0.15, 0.2) is 52.9 Å². The summed E-state index contributed by atoms with van der Waals surface area (Å²) in [6.07, 6.45) is -0.370. The number of fused-ring (bicyclic) bond motifs is 2. The van der Waals surface area contributed by atoms with Gasteiger partial charge < -0.3 is 23.9 Å². The van der Waals surface area contributed by atoms with E-state index in [9.17, 15) is 4.79 Å². The second kappa shape index (κ2) is 6.49. The molecular formula is C19H17NO5. The van der Waals surface area contributed by atoms with Crippen LogP contribution < -0.4 is 14.8 Å². The minimum atomic E-state index is -0.370. The van der Waals surface area contributed by atoms with Crippen LogP contribution in [0.25, 0.3) is 11.0 Å². The summed E-state index contributed by atoms with van der Waals surface area (Å²) >= 11 is 0. The third kappa shape index (κ3) is 3.04. The van der Waals surface area contributed by atoms with Crippen LogP contribution in [0.2, 0.25) is 0 Å². The first kappa shape index (κ1) is 15.5. The molecule has 3 aromatic rings. The third-order valence-electron chi connectivity index (χ3n) is 4.13. The summed E-state index contributed by atoms with van der Waals surface area (Å²) in [5, 5.41) is 3.87. The Labute approximate surface area is 144 Å². The fourth-order valence-corrected chi connectivity index (χ4v) is 2.79. The van der Waals surface area contributed by atoms with E-state index in [1.807, 2.05) is 30.3 Å². The van der Waals surface area contributed by atoms with E-state index < -0.39 is 0 Å². The molecule has 0 fully saturated rings. The summed E-state index contributed by atoms with van der Waals surface area (Å²) in [7, 11) is 1.59. The van der Waals surface area contributed by atoms with Gasteiger partial charge in [0.25, 0.3) is 5.91 Å². The van der Waals surface area contributed by atoms with Crippen LogP contribution >= 0.6 is 0 Å². The highest BCUT2D eigenvalue weighted by molar-refractivity contribution is 5.95. The molecule has 1 aliphatic rings. The summed E-state index contributed by atoms with van der Waals surface area (Å²) in [5.74, 6) is 1.69. The number of amides is 1. The second-order valence-corrected chi connectivity index (χ2v) is 5.69. The van der Waals surface area contributed by atoms with Crippen LogP contribution in [0.3, 0.4) is 0 Å². The lowest BCUT2D eigenvalue weighted by atomic mass is 10.1. The highest BCUT2D eigenvalue weighted by atomic mass is 16.7. The van der Waals surface area contributed by atoms with Crippen molar-refractivity contribution in [2.45, 2.75) is 6.10 Å². The fourth-order valence-electron chi connectivity index (χ4n) is 2.79. The van der Waals surface area contributed by atoms with Gasteiger partial charge in [0.1, 0.15) is 17.4 Å². The number of benzene rings is 2. The smallest absolute Gasteiger partial charge is 0.251 e. The Balaban J connectivity index is 1.46. The van der Waals surface area contributed by atoms with Gasteiger partial charge in [-0.25, -0.2) is 0 Å². The number of hydrogen-bond donors (Lipinski definition) is 1. The van der Waals surface area contributed by atoms with E-state index in [0.717, 1.165) is 11.0 Å². The zero-order chi connectivity index (χ0) is 17.2. The first-order valence-electron chi connectivity index (χ1n) is 7.94. The molecule has 0 unspecified atom stereocenters. The molecule has 0 saturated carbocycles. The Hall–Kier alpha value is -2.99. The van der Waals surface area contributed by atoms with Crippen LogP contribution in [-0.4, -0.2) is 26.4 Å². The number of hydrogen-bond acceptors (Lipinski definition) is 5. The molecule has 6 heteroatoms. The summed E-state index contributed by atoms with van der Waals surface area (Å²) in [6.45, 7) is 0.474. The zero-order valence-electron chi connectivity index (χ0n) is 13.7. The van der Waals surface area contributed by atoms with Crippen LogP contribution in [0, 0.1) is 0 Å². The molecule has 1 aliphatic heterocycles. The lowest BCUT2D eigenvalue weighted by molar-refractivity contribution is 0.0747. The van der Waals surface area contributed by atoms with Crippen molar-refractivity contribution in [1.29, 1.82) is 0 Å². The van der Waals surface area contributed by atoms with Gasteiger partial charge in [-0.2, -0.15) is 0 Å². The standard InChI is InChI=1S/C19H17NO5/c1-22-18(17-8-12-4-2-3-5-14(12)25-17)10-20-19(21)13-6-7-15-16(9-13)24-11-23-15/h2-9,18H,10-11H2,1H3,(H,20,21)/t18-/m0/s1. The molecule has 1 N–H and O–H groups in total. The zero-order valence-corrected chi connectivity index (χ0v) is 13.7. The Morgan fingerprint density at radius 3 is 2.84 bits per heavy atom. The molecule has 0 radical (unpaired) electrons. The van der Waals surface area contributed by atoms with E-state index >= 15 is 0 Å². The lowest BCUT2D eigenvalue weighted by Gasteiger charge is -2.14. The lowest BCUT2D eigenvalue weighted by Crippen LogP contribution is -2.29. The van der Waals surface area contributed by atoms with Gasteiger partial charge in [0, 0.05) is 18.1 Å². The number of carbonyl (C=O) groups is 1. The van der Waals surface area contributed by atoms with Crippen LogP contribution in [0.1, 0.15) is 22.2 Å². The average molecular weight is 339 g/mol. The number of carbonyl (C=O) groups excluding carboxylic acids is 1. The topological polar surface area (TPSA) is 69.9 Å². The predicted octanol–water partition coefficient (Wildman–Crippen LogP) is 3.28. The number of rotatable bonds is 5. The Morgan fingerprint density at radius 2 is 2.00 bits per heavy atom. The number of ether oxygens (including phenoxy) is 3. The predicted molar refractivity (Wildman–Crippen MR) is 90.9 cm³/mol. The molecule has 6 nitrogen and oxygen atoms in total. The highest BCUT2D eigenvalue weighted by Crippen LogP contribution is 2.32. The van der Waals surface area contributed by atoms with Crippen molar-refractivity contribution < 1.29 is 23.4 Å². The monoisotopic (exact) mass is 339 g/mol. The number of nitrogens with one attached hydrogen (secondary N) is 1. The van der Waals surface area contributed by atoms with Crippen molar-refractivity contribution in [3.8, 4) is 11.5 Å². The molecule has 1 aromatic heterocycles. The minimum absolute atomic E-state index is 0.179. The molecule has 128 valence electrons. The van der Waals surface area contributed by atoms with Crippen molar-refractivity contribution >= 4 is 16.9 Å². The van der Waals surface area contributed by atoms with Gasteiger partial charge in [-0.1, -0.05) is 18.2 Å². The molecule has 2 heterocycles. The quantitative estimate of drug-likeness (QED) is 0.772. The van der Waals surface area contributed by atoms with Crippen LogP contribution in [0.5, 0.6) is 11.5 Å². The van der Waals surface area contributed by atoms with Gasteiger partial charge in [0.2, 0.25) is 6.79 Å². The van der Waals surface area contributed by atoms with Crippen LogP contribution in [0.4, 0.5) is 0 Å². The molecule has 1 atom stereocenters. The average Bonchev–Trinajstić information content (AvgIpc) is 3.27. The summed E-state index contributed by atoms with van der Waals surface area (Å²) in [4.78, 5) is 12.4. The number of furan rings is 1. The number of methoxy groups -OCH3 is 1. The normalized spacial score (nSPS) is 13.8. The molecule has 0 spiro atoms. The van der Waals surface area contributed by atoms with Crippen molar-refractivity contribution in [2.24, 2.45) is 0 Å². The van der Waals surface area contributed by atoms with Gasteiger partial charge in [-0.15, -0.1) is 0 Å². The maximum absolute atomic E-state index is 12.4. The van der Waals surface area contributed by atoms with E-state index in [4.69, 9.17) is 18.6 Å². The highest BCUT2D eigenvalue weighted by Gasteiger charge is 2.19. The molecule has 0 aliphatic carbocycles. The first-order valence-corrected chi connectivity index (χ1v) is 7.94. The van der Waals surface area contributed by atoms with Gasteiger partial charge in [0.05, 0.1) is 6.54 Å². The van der Waals surface area contributed by atoms with Crippen molar-refractivity contribution in [3.05, 3.63) is 59.9 Å². The Kier molecular flexibility index (Phi) is 4.03. The van der Waals surface area contributed by atoms with Crippen LogP contribution in [-0.2, 0) is 4.74 Å². The maximum Gasteiger partial charge on any atom is 0.251 e. The Morgan fingerprint density at radius 1 is 1.16 bits per heavy atom. The van der Waals surface area contributed by atoms with Gasteiger partial charge in [0.15, 0.2) is 11.5 Å². The van der Waals surface area contributed by atoms with Gasteiger partial charge in [-0.3, -0.25) is 4.79 Å². The van der Waals surface area contributed by atoms with E-state index in [1.165, 1.54) is 0 Å². The molecule has 4 rings (SSSR count). The molecule has 0 bridgehead atoms. The van der Waals surface area contributed by atoms with Gasteiger partial charge in [-0.05, 0) is 30.3 Å². The Bertz CT molecular complexity index is 884. The summed E-state index contributed by atoms with van der Waals surface area (Å²) in [5.41, 5.74) is 1.30. The molecule has 2 aromatic carbocycles. The van der Waals surface area contributed by atoms with E-state index in [0.29, 0.717) is 29.4 Å². The van der Waals surface area contributed by atoms with Crippen molar-refractivity contribution in [3.63, 3.8) is 0 Å². The molecule has 25 heavy (non-hydrogen) atoms. The summed E-state index contributed by atoms with van der Waals surface area (Å²) < 4.78 is 21.8. The minimum Gasteiger partial charge on any atom is -0.458 e.